The maximum Gasteiger partial charge on any atom is 0.410 e. The quantitative estimate of drug-likeness (QED) is 0.649. The largest absolute Gasteiger partial charge is 0.465 e. The second-order valence-electron chi connectivity index (χ2n) is 8.79. The summed E-state index contributed by atoms with van der Waals surface area (Å²) in [4.78, 5) is 28.7. The van der Waals surface area contributed by atoms with Crippen LogP contribution in [0.25, 0.3) is 10.9 Å². The van der Waals surface area contributed by atoms with Gasteiger partial charge in [-0.3, -0.25) is 4.90 Å². The van der Waals surface area contributed by atoms with Gasteiger partial charge in [-0.15, -0.1) is 0 Å². The molecule has 2 unspecified atom stereocenters. The third-order valence-electron chi connectivity index (χ3n) is 5.47. The van der Waals surface area contributed by atoms with Crippen LogP contribution in [0.4, 0.5) is 4.79 Å². The number of ether oxygens (including phenoxy) is 3. The number of rotatable bonds is 6. The van der Waals surface area contributed by atoms with E-state index in [1.807, 2.05) is 37.6 Å². The van der Waals surface area contributed by atoms with Crippen LogP contribution in [0.1, 0.15) is 43.7 Å². The van der Waals surface area contributed by atoms with Crippen LogP contribution in [0.3, 0.4) is 0 Å². The van der Waals surface area contributed by atoms with Crippen molar-refractivity contribution in [2.75, 3.05) is 41.0 Å². The number of carbonyl (C=O) groups excluding carboxylic acids is 2. The van der Waals surface area contributed by atoms with E-state index in [0.29, 0.717) is 24.2 Å². The topological polar surface area (TPSA) is 86.1 Å². The minimum Gasteiger partial charge on any atom is -0.465 e. The first-order chi connectivity index (χ1) is 14.7. The molecule has 2 atom stereocenters. The molecule has 31 heavy (non-hydrogen) atoms. The van der Waals surface area contributed by atoms with Crippen LogP contribution in [-0.4, -0.2) is 84.2 Å². The monoisotopic (exact) mass is 432 g/mol. The number of hydrogen-bond acceptors (Lipinski definition) is 7. The predicted octanol–water partition coefficient (Wildman–Crippen LogP) is 2.91. The van der Waals surface area contributed by atoms with Crippen LogP contribution >= 0.6 is 0 Å². The van der Waals surface area contributed by atoms with Crippen LogP contribution in [0, 0.1) is 0 Å². The maximum absolute atomic E-state index is 12.5. The Morgan fingerprint density at radius 3 is 2.68 bits per heavy atom. The first-order valence-electron chi connectivity index (χ1n) is 10.4. The fourth-order valence-corrected chi connectivity index (χ4v) is 3.92. The van der Waals surface area contributed by atoms with Crippen molar-refractivity contribution < 1.29 is 23.8 Å². The van der Waals surface area contributed by atoms with Gasteiger partial charge in [0, 0.05) is 38.7 Å². The van der Waals surface area contributed by atoms with Gasteiger partial charge in [-0.1, -0.05) is 12.1 Å². The Morgan fingerprint density at radius 2 is 2.03 bits per heavy atom. The van der Waals surface area contributed by atoms with Gasteiger partial charge >= 0.3 is 12.1 Å². The Bertz CT molecular complexity index is 936. The molecule has 2 aromatic rings. The number of carbonyl (C=O) groups is 2. The minimum absolute atomic E-state index is 0.0103. The van der Waals surface area contributed by atoms with Crippen LogP contribution in [0.15, 0.2) is 24.4 Å². The summed E-state index contributed by atoms with van der Waals surface area (Å²) < 4.78 is 17.8. The average molecular weight is 433 g/mol. The summed E-state index contributed by atoms with van der Waals surface area (Å²) in [5.41, 5.74) is 0.626. The Balaban J connectivity index is 1.86. The second-order valence-corrected chi connectivity index (χ2v) is 8.79. The molecule has 9 nitrogen and oxygen atoms in total. The molecule has 1 aromatic carbocycles. The van der Waals surface area contributed by atoms with Crippen LogP contribution < -0.4 is 0 Å². The summed E-state index contributed by atoms with van der Waals surface area (Å²) >= 11 is 0. The molecule has 170 valence electrons. The number of nitrogens with zero attached hydrogens (tertiary/aromatic N) is 4. The molecule has 0 spiro atoms. The van der Waals surface area contributed by atoms with Crippen molar-refractivity contribution in [3.05, 3.63) is 30.0 Å². The number of para-hydroxylation sites is 1. The van der Waals surface area contributed by atoms with Crippen LogP contribution in [0.2, 0.25) is 0 Å². The molecule has 1 saturated heterocycles. The maximum atomic E-state index is 12.5. The van der Waals surface area contributed by atoms with Gasteiger partial charge in [-0.05, 0) is 33.3 Å². The molecule has 0 bridgehead atoms. The molecule has 0 radical (unpaired) electrons. The fraction of sp³-hybridized carbons (Fsp3) is 0.591. The molecule has 9 heteroatoms. The lowest BCUT2D eigenvalue weighted by atomic mass is 10.1. The van der Waals surface area contributed by atoms with Crippen molar-refractivity contribution >= 4 is 23.0 Å². The molecule has 1 aliphatic heterocycles. The van der Waals surface area contributed by atoms with E-state index in [0.717, 1.165) is 18.4 Å². The third kappa shape index (κ3) is 4.99. The molecule has 1 amide bonds. The van der Waals surface area contributed by atoms with Crippen LogP contribution in [0.5, 0.6) is 0 Å². The molecular formula is C22H32N4O5. The zero-order valence-corrected chi connectivity index (χ0v) is 19.1. The summed E-state index contributed by atoms with van der Waals surface area (Å²) in [5.74, 6) is -0.410. The van der Waals surface area contributed by atoms with E-state index in [1.165, 1.54) is 7.11 Å². The van der Waals surface area contributed by atoms with Gasteiger partial charge in [-0.2, -0.15) is 5.10 Å². The molecule has 3 rings (SSSR count). The predicted molar refractivity (Wildman–Crippen MR) is 116 cm³/mol. The second kappa shape index (κ2) is 9.23. The number of esters is 1. The first kappa shape index (κ1) is 23.0. The Kier molecular flexibility index (Phi) is 6.86. The molecular weight excluding hydrogens is 400 g/mol. The lowest BCUT2D eigenvalue weighted by molar-refractivity contribution is 0.0197. The van der Waals surface area contributed by atoms with E-state index in [-0.39, 0.29) is 18.3 Å². The molecule has 2 heterocycles. The summed E-state index contributed by atoms with van der Waals surface area (Å²) in [6, 6.07) is 5.47. The van der Waals surface area contributed by atoms with Gasteiger partial charge in [0.2, 0.25) is 0 Å². The summed E-state index contributed by atoms with van der Waals surface area (Å²) in [7, 11) is 4.78. The van der Waals surface area contributed by atoms with Crippen molar-refractivity contribution in [3.63, 3.8) is 0 Å². The van der Waals surface area contributed by atoms with E-state index in [1.54, 1.807) is 31.3 Å². The fourth-order valence-electron chi connectivity index (χ4n) is 3.92. The smallest absolute Gasteiger partial charge is 0.410 e. The zero-order valence-electron chi connectivity index (χ0n) is 19.1. The third-order valence-corrected chi connectivity index (χ3v) is 5.47. The van der Waals surface area contributed by atoms with Gasteiger partial charge < -0.3 is 19.1 Å². The van der Waals surface area contributed by atoms with Gasteiger partial charge in [-0.25, -0.2) is 14.3 Å². The highest BCUT2D eigenvalue weighted by atomic mass is 16.6. The van der Waals surface area contributed by atoms with Gasteiger partial charge in [0.15, 0.2) is 0 Å². The lowest BCUT2D eigenvalue weighted by Crippen LogP contribution is -2.43. The van der Waals surface area contributed by atoms with Crippen molar-refractivity contribution in [2.24, 2.45) is 0 Å². The number of hydrogen-bond donors (Lipinski definition) is 0. The van der Waals surface area contributed by atoms with Gasteiger partial charge in [0.1, 0.15) is 11.8 Å². The standard InChI is InChI=1S/C22H32N4O5/c1-22(2,3)31-21(28)24(4)16-10-11-25(13-16)18(14-29-5)26-19-15(12-23-26)8-7-9-17(19)20(27)30-6/h7-9,12,16,18H,10-11,13-14H2,1-6H3. The highest BCUT2D eigenvalue weighted by Gasteiger charge is 2.35. The Hall–Kier alpha value is -2.65. The molecule has 1 aliphatic rings. The molecule has 0 aliphatic carbocycles. The lowest BCUT2D eigenvalue weighted by Gasteiger charge is -2.31. The van der Waals surface area contributed by atoms with E-state index in [4.69, 9.17) is 14.2 Å². The summed E-state index contributed by atoms with van der Waals surface area (Å²) in [6.45, 7) is 7.36. The molecule has 0 saturated carbocycles. The molecule has 1 fully saturated rings. The molecule has 1 aromatic heterocycles. The normalized spacial score (nSPS) is 18.2. The minimum atomic E-state index is -0.541. The van der Waals surface area contributed by atoms with Crippen molar-refractivity contribution in [2.45, 2.75) is 45.0 Å². The highest BCUT2D eigenvalue weighted by molar-refractivity contribution is 6.02. The highest BCUT2D eigenvalue weighted by Crippen LogP contribution is 2.28. The number of aromatic nitrogens is 2. The van der Waals surface area contributed by atoms with E-state index >= 15 is 0 Å². The Morgan fingerprint density at radius 1 is 1.29 bits per heavy atom. The number of amides is 1. The number of likely N-dealkylation sites (tertiary alicyclic amines) is 1. The zero-order chi connectivity index (χ0) is 22.8. The van der Waals surface area contributed by atoms with E-state index in [9.17, 15) is 9.59 Å². The summed E-state index contributed by atoms with van der Waals surface area (Å²) in [6.07, 6.45) is 1.98. The average Bonchev–Trinajstić information content (AvgIpc) is 3.37. The molecule has 0 N–H and O–H groups in total. The van der Waals surface area contributed by atoms with Gasteiger partial charge in [0.25, 0.3) is 0 Å². The van der Waals surface area contributed by atoms with Crippen molar-refractivity contribution in [3.8, 4) is 0 Å². The first-order valence-corrected chi connectivity index (χ1v) is 10.4. The number of benzene rings is 1. The SMILES string of the molecule is COCC(N1CCC(N(C)C(=O)OC(C)(C)C)C1)n1ncc2cccc(C(=O)OC)c21. The van der Waals surface area contributed by atoms with Crippen LogP contribution in [-0.2, 0) is 14.2 Å². The number of fused-ring (bicyclic) bond motifs is 1. The number of methoxy groups -OCH3 is 2. The van der Waals surface area contributed by atoms with E-state index in [2.05, 4.69) is 10.00 Å². The van der Waals surface area contributed by atoms with Crippen molar-refractivity contribution in [1.29, 1.82) is 0 Å². The van der Waals surface area contributed by atoms with Gasteiger partial charge in [0.05, 0.1) is 31.0 Å². The van der Waals surface area contributed by atoms with E-state index < -0.39 is 11.6 Å². The Labute approximate surface area is 182 Å². The number of likely N-dealkylation sites (N-methyl/N-ethyl adjacent to an activating group) is 1. The summed E-state index contributed by atoms with van der Waals surface area (Å²) in [5, 5.41) is 5.42. The van der Waals surface area contributed by atoms with Crippen molar-refractivity contribution in [1.82, 2.24) is 19.6 Å².